The Balaban J connectivity index is 2.11. The second kappa shape index (κ2) is 5.79. The van der Waals surface area contributed by atoms with Crippen LogP contribution in [-0.2, 0) is 16.0 Å². The molecule has 1 aliphatic rings. The van der Waals surface area contributed by atoms with Crippen molar-refractivity contribution in [2.75, 3.05) is 5.32 Å². The molecule has 2 rings (SSSR count). The van der Waals surface area contributed by atoms with E-state index in [-0.39, 0.29) is 11.7 Å². The second-order valence-corrected chi connectivity index (χ2v) is 6.32. The third kappa shape index (κ3) is 3.84. The average molecular weight is 304 g/mol. The minimum Gasteiger partial charge on any atom is -0.444 e. The molecule has 0 aliphatic carbocycles. The lowest BCUT2D eigenvalue weighted by Gasteiger charge is -2.27. The minimum atomic E-state index is -0.689. The van der Waals surface area contributed by atoms with Gasteiger partial charge in [0.25, 0.3) is 0 Å². The van der Waals surface area contributed by atoms with Gasteiger partial charge in [-0.15, -0.1) is 0 Å². The molecule has 0 saturated carbocycles. The van der Waals surface area contributed by atoms with E-state index in [1.807, 2.05) is 0 Å². The van der Waals surface area contributed by atoms with Gasteiger partial charge in [0.1, 0.15) is 11.6 Å². The number of hydrogen-bond acceptors (Lipinski definition) is 4. The molecular weight excluding hydrogens is 284 g/mol. The van der Waals surface area contributed by atoms with Crippen molar-refractivity contribution in [3.05, 3.63) is 29.3 Å². The Kier molecular flexibility index (Phi) is 4.21. The number of Topliss-reactive ketones (excluding diaryl/α,β-unsaturated/α-hetero) is 1. The molecule has 22 heavy (non-hydrogen) atoms. The highest BCUT2D eigenvalue weighted by atomic mass is 16.6. The molecule has 0 spiro atoms. The van der Waals surface area contributed by atoms with E-state index in [4.69, 9.17) is 4.74 Å². The van der Waals surface area contributed by atoms with Crippen molar-refractivity contribution < 1.29 is 19.1 Å². The van der Waals surface area contributed by atoms with Crippen LogP contribution in [0.4, 0.5) is 10.5 Å². The highest BCUT2D eigenvalue weighted by molar-refractivity contribution is 6.01. The second-order valence-electron chi connectivity index (χ2n) is 6.32. The van der Waals surface area contributed by atoms with Gasteiger partial charge in [-0.2, -0.15) is 0 Å². The van der Waals surface area contributed by atoms with Crippen LogP contribution in [-0.4, -0.2) is 29.4 Å². The number of nitrogens with one attached hydrogen (secondary N) is 2. The molecule has 1 aromatic carbocycles. The SMILES string of the molecule is CC(=O)c1ccc2c(c1)NC(=O)[C@H](NC(=O)OC(C)(C)C)C2. The van der Waals surface area contributed by atoms with Crippen molar-refractivity contribution >= 4 is 23.5 Å². The van der Waals surface area contributed by atoms with Crippen LogP contribution in [0, 0.1) is 0 Å². The predicted molar refractivity (Wildman–Crippen MR) is 81.9 cm³/mol. The Bertz CT molecular complexity index is 632. The van der Waals surface area contributed by atoms with Crippen LogP contribution >= 0.6 is 0 Å². The van der Waals surface area contributed by atoms with Crippen molar-refractivity contribution in [2.24, 2.45) is 0 Å². The van der Waals surface area contributed by atoms with Gasteiger partial charge in [0, 0.05) is 17.7 Å². The Morgan fingerprint density at radius 3 is 2.59 bits per heavy atom. The lowest BCUT2D eigenvalue weighted by atomic mass is 9.96. The molecule has 1 aromatic rings. The van der Waals surface area contributed by atoms with Crippen molar-refractivity contribution in [1.82, 2.24) is 5.32 Å². The van der Waals surface area contributed by atoms with Crippen LogP contribution < -0.4 is 10.6 Å². The lowest BCUT2D eigenvalue weighted by Crippen LogP contribution is -2.49. The molecule has 118 valence electrons. The first kappa shape index (κ1) is 16.0. The first-order valence-electron chi connectivity index (χ1n) is 7.10. The molecule has 1 heterocycles. The summed E-state index contributed by atoms with van der Waals surface area (Å²) in [7, 11) is 0. The molecule has 0 aromatic heterocycles. The van der Waals surface area contributed by atoms with E-state index in [1.54, 1.807) is 39.0 Å². The van der Waals surface area contributed by atoms with Gasteiger partial charge >= 0.3 is 6.09 Å². The van der Waals surface area contributed by atoms with E-state index < -0.39 is 17.7 Å². The molecule has 2 amide bonds. The number of carbonyl (C=O) groups excluding carboxylic acids is 3. The zero-order valence-corrected chi connectivity index (χ0v) is 13.1. The highest BCUT2D eigenvalue weighted by Crippen LogP contribution is 2.24. The number of benzene rings is 1. The summed E-state index contributed by atoms with van der Waals surface area (Å²) >= 11 is 0. The summed E-state index contributed by atoms with van der Waals surface area (Å²) in [5.41, 5.74) is 1.40. The number of ketones is 1. The summed E-state index contributed by atoms with van der Waals surface area (Å²) in [4.78, 5) is 35.2. The molecule has 0 radical (unpaired) electrons. The number of fused-ring (bicyclic) bond motifs is 1. The van der Waals surface area contributed by atoms with Crippen LogP contribution in [0.5, 0.6) is 0 Å². The number of rotatable bonds is 2. The van der Waals surface area contributed by atoms with E-state index in [0.29, 0.717) is 17.7 Å². The van der Waals surface area contributed by atoms with Gasteiger partial charge in [-0.1, -0.05) is 12.1 Å². The number of ether oxygens (including phenoxy) is 1. The summed E-state index contributed by atoms with van der Waals surface area (Å²) in [6, 6.07) is 4.46. The van der Waals surface area contributed by atoms with Crippen molar-refractivity contribution in [2.45, 2.75) is 45.8 Å². The van der Waals surface area contributed by atoms with Gasteiger partial charge in [-0.25, -0.2) is 4.79 Å². The van der Waals surface area contributed by atoms with Crippen LogP contribution in [0.2, 0.25) is 0 Å². The third-order valence-electron chi connectivity index (χ3n) is 3.21. The number of amides is 2. The molecule has 0 saturated heterocycles. The normalized spacial score (nSPS) is 17.3. The molecule has 6 nitrogen and oxygen atoms in total. The number of carbonyl (C=O) groups is 3. The monoisotopic (exact) mass is 304 g/mol. The Labute approximate surface area is 129 Å². The molecule has 0 bridgehead atoms. The lowest BCUT2D eigenvalue weighted by molar-refractivity contribution is -0.118. The summed E-state index contributed by atoms with van der Waals surface area (Å²) in [5, 5.41) is 5.28. The quantitative estimate of drug-likeness (QED) is 0.821. The first-order chi connectivity index (χ1) is 10.2. The third-order valence-corrected chi connectivity index (χ3v) is 3.21. The van der Waals surface area contributed by atoms with Crippen LogP contribution in [0.1, 0.15) is 43.6 Å². The smallest absolute Gasteiger partial charge is 0.408 e. The molecule has 1 aliphatic heterocycles. The maximum Gasteiger partial charge on any atom is 0.408 e. The molecule has 0 unspecified atom stereocenters. The Hall–Kier alpha value is -2.37. The fourth-order valence-corrected chi connectivity index (χ4v) is 2.19. The summed E-state index contributed by atoms with van der Waals surface area (Å²) in [6.07, 6.45) is -0.269. The summed E-state index contributed by atoms with van der Waals surface area (Å²) in [5.74, 6) is -0.384. The van der Waals surface area contributed by atoms with Crippen LogP contribution in [0.3, 0.4) is 0 Å². The van der Waals surface area contributed by atoms with E-state index in [2.05, 4.69) is 10.6 Å². The predicted octanol–water partition coefficient (Wildman–Crippen LogP) is 2.28. The average Bonchev–Trinajstić information content (AvgIpc) is 2.36. The maximum atomic E-state index is 12.1. The van der Waals surface area contributed by atoms with Crippen LogP contribution in [0.15, 0.2) is 18.2 Å². The zero-order valence-electron chi connectivity index (χ0n) is 13.1. The fourth-order valence-electron chi connectivity index (χ4n) is 2.19. The molecule has 2 N–H and O–H groups in total. The van der Waals surface area contributed by atoms with Gasteiger partial charge in [-0.05, 0) is 39.3 Å². The van der Waals surface area contributed by atoms with Crippen molar-refractivity contribution in [1.29, 1.82) is 0 Å². The Morgan fingerprint density at radius 1 is 1.32 bits per heavy atom. The van der Waals surface area contributed by atoms with Crippen molar-refractivity contribution in [3.63, 3.8) is 0 Å². The number of alkyl carbamates (subject to hydrolysis) is 1. The maximum absolute atomic E-state index is 12.1. The largest absolute Gasteiger partial charge is 0.444 e. The van der Waals surface area contributed by atoms with Gasteiger partial charge in [-0.3, -0.25) is 9.59 Å². The van der Waals surface area contributed by atoms with E-state index in [9.17, 15) is 14.4 Å². The van der Waals surface area contributed by atoms with Gasteiger partial charge in [0.15, 0.2) is 5.78 Å². The standard InChI is InChI=1S/C16H20N2O4/c1-9(19)10-5-6-11-8-13(14(20)17-12(11)7-10)18-15(21)22-16(2,3)4/h5-7,13H,8H2,1-4H3,(H,17,20)(H,18,21)/t13-/m1/s1. The molecule has 0 fully saturated rings. The van der Waals surface area contributed by atoms with Gasteiger partial charge in [0.2, 0.25) is 5.91 Å². The van der Waals surface area contributed by atoms with E-state index in [1.165, 1.54) is 6.92 Å². The summed E-state index contributed by atoms with van der Waals surface area (Å²) in [6.45, 7) is 6.74. The minimum absolute atomic E-state index is 0.0638. The van der Waals surface area contributed by atoms with Crippen LogP contribution in [0.25, 0.3) is 0 Å². The topological polar surface area (TPSA) is 84.5 Å². The van der Waals surface area contributed by atoms with Gasteiger partial charge < -0.3 is 15.4 Å². The first-order valence-corrected chi connectivity index (χ1v) is 7.10. The van der Waals surface area contributed by atoms with E-state index in [0.717, 1.165) is 5.56 Å². The zero-order chi connectivity index (χ0) is 16.5. The molecule has 6 heteroatoms. The fraction of sp³-hybridized carbons (Fsp3) is 0.438. The Morgan fingerprint density at radius 2 is 2.00 bits per heavy atom. The van der Waals surface area contributed by atoms with Gasteiger partial charge in [0.05, 0.1) is 0 Å². The van der Waals surface area contributed by atoms with Crippen molar-refractivity contribution in [3.8, 4) is 0 Å². The summed E-state index contributed by atoms with van der Waals surface area (Å²) < 4.78 is 5.15. The van der Waals surface area contributed by atoms with E-state index >= 15 is 0 Å². The molecule has 1 atom stereocenters. The highest BCUT2D eigenvalue weighted by Gasteiger charge is 2.29. The number of hydrogen-bond donors (Lipinski definition) is 2. The number of anilines is 1. The molecular formula is C16H20N2O4.